The van der Waals surface area contributed by atoms with Gasteiger partial charge in [0.05, 0.1) is 16.4 Å². The average Bonchev–Trinajstić information content (AvgIpc) is 2.37. The third-order valence-electron chi connectivity index (χ3n) is 2.60. The zero-order valence-corrected chi connectivity index (χ0v) is 10.9. The molecule has 0 heterocycles. The Bertz CT molecular complexity index is 603. The summed E-state index contributed by atoms with van der Waals surface area (Å²) in [5.74, 6) is 0. The van der Waals surface area contributed by atoms with Crippen LogP contribution < -0.4 is 0 Å². The summed E-state index contributed by atoms with van der Waals surface area (Å²) in [4.78, 5) is 0.943. The van der Waals surface area contributed by atoms with Gasteiger partial charge in [0, 0.05) is 9.79 Å². The Morgan fingerprint density at radius 3 is 2.11 bits per heavy atom. The van der Waals surface area contributed by atoms with Gasteiger partial charge >= 0.3 is 6.18 Å². The molecule has 0 N–H and O–H groups in total. The standard InChI is InChI=1S/C14H11F3OS/c1-10-3-2-4-13(9-10)19(18)12-7-5-11(6-8-12)14(15,16)17/h2-9H,1H3. The van der Waals surface area contributed by atoms with Crippen LogP contribution in [-0.2, 0) is 17.0 Å². The molecule has 5 heteroatoms. The Balaban J connectivity index is 2.30. The Morgan fingerprint density at radius 1 is 0.947 bits per heavy atom. The van der Waals surface area contributed by atoms with Crippen LogP contribution in [0, 0.1) is 6.92 Å². The zero-order valence-electron chi connectivity index (χ0n) is 10.1. The predicted molar refractivity (Wildman–Crippen MR) is 67.3 cm³/mol. The number of hydrogen-bond acceptors (Lipinski definition) is 1. The van der Waals surface area contributed by atoms with E-state index < -0.39 is 22.5 Å². The highest BCUT2D eigenvalue weighted by molar-refractivity contribution is 7.85. The van der Waals surface area contributed by atoms with Crippen LogP contribution in [0.15, 0.2) is 58.3 Å². The summed E-state index contributed by atoms with van der Waals surface area (Å²) in [5.41, 5.74) is 0.218. The van der Waals surface area contributed by atoms with Gasteiger partial charge in [0.25, 0.3) is 0 Å². The smallest absolute Gasteiger partial charge is 0.249 e. The SMILES string of the molecule is Cc1cccc(S(=O)c2ccc(C(F)(F)F)cc2)c1. The fourth-order valence-corrected chi connectivity index (χ4v) is 2.78. The lowest BCUT2D eigenvalue weighted by molar-refractivity contribution is -0.137. The highest BCUT2D eigenvalue weighted by Crippen LogP contribution is 2.30. The normalized spacial score (nSPS) is 13.3. The van der Waals surface area contributed by atoms with Crippen molar-refractivity contribution in [3.8, 4) is 0 Å². The first-order valence-corrected chi connectivity index (χ1v) is 6.68. The molecule has 0 spiro atoms. The quantitative estimate of drug-likeness (QED) is 0.808. The first-order chi connectivity index (χ1) is 8.88. The van der Waals surface area contributed by atoms with Gasteiger partial charge in [0.15, 0.2) is 0 Å². The summed E-state index contributed by atoms with van der Waals surface area (Å²) in [7, 11) is -1.46. The molecule has 1 atom stereocenters. The summed E-state index contributed by atoms with van der Waals surface area (Å²) >= 11 is 0. The molecule has 0 aromatic heterocycles. The highest BCUT2D eigenvalue weighted by atomic mass is 32.2. The van der Waals surface area contributed by atoms with E-state index in [1.54, 1.807) is 18.2 Å². The molecule has 0 aliphatic heterocycles. The lowest BCUT2D eigenvalue weighted by atomic mass is 10.2. The molecule has 1 unspecified atom stereocenters. The van der Waals surface area contributed by atoms with Crippen molar-refractivity contribution in [3.63, 3.8) is 0 Å². The van der Waals surface area contributed by atoms with Crippen LogP contribution in [0.5, 0.6) is 0 Å². The second kappa shape index (κ2) is 5.17. The van der Waals surface area contributed by atoms with Gasteiger partial charge in [-0.1, -0.05) is 12.1 Å². The van der Waals surface area contributed by atoms with Crippen LogP contribution in [0.25, 0.3) is 0 Å². The number of hydrogen-bond donors (Lipinski definition) is 0. The van der Waals surface area contributed by atoms with Gasteiger partial charge in [-0.3, -0.25) is 0 Å². The number of halogens is 3. The van der Waals surface area contributed by atoms with Crippen molar-refractivity contribution in [3.05, 3.63) is 59.7 Å². The Hall–Kier alpha value is -1.62. The van der Waals surface area contributed by atoms with E-state index in [9.17, 15) is 17.4 Å². The summed E-state index contributed by atoms with van der Waals surface area (Å²) in [5, 5.41) is 0. The molecule has 0 radical (unpaired) electrons. The maximum Gasteiger partial charge on any atom is 0.416 e. The molecule has 2 rings (SSSR count). The summed E-state index contributed by atoms with van der Waals surface area (Å²) in [6.45, 7) is 1.87. The molecule has 0 saturated heterocycles. The van der Waals surface area contributed by atoms with Crippen LogP contribution in [0.2, 0.25) is 0 Å². The van der Waals surface area contributed by atoms with Gasteiger partial charge < -0.3 is 0 Å². The van der Waals surface area contributed by atoms with Crippen LogP contribution in [0.3, 0.4) is 0 Å². The minimum absolute atomic E-state index is 0.360. The molecule has 2 aromatic carbocycles. The van der Waals surface area contributed by atoms with Crippen molar-refractivity contribution in [2.24, 2.45) is 0 Å². The molecule has 19 heavy (non-hydrogen) atoms. The fraction of sp³-hybridized carbons (Fsp3) is 0.143. The Kier molecular flexibility index (Phi) is 3.75. The molecule has 1 nitrogen and oxygen atoms in total. The molecular formula is C14H11F3OS. The van der Waals surface area contributed by atoms with Crippen LogP contribution in [-0.4, -0.2) is 4.21 Å². The Labute approximate surface area is 111 Å². The summed E-state index contributed by atoms with van der Waals surface area (Å²) in [6.07, 6.45) is -4.37. The van der Waals surface area contributed by atoms with Gasteiger partial charge in [-0.05, 0) is 48.9 Å². The lowest BCUT2D eigenvalue weighted by Crippen LogP contribution is -2.04. The third kappa shape index (κ3) is 3.23. The van der Waals surface area contributed by atoms with Crippen molar-refractivity contribution in [2.75, 3.05) is 0 Å². The van der Waals surface area contributed by atoms with E-state index in [0.29, 0.717) is 9.79 Å². The fourth-order valence-electron chi connectivity index (χ4n) is 1.63. The molecule has 0 fully saturated rings. The second-order valence-corrected chi connectivity index (χ2v) is 5.59. The monoisotopic (exact) mass is 284 g/mol. The van der Waals surface area contributed by atoms with Crippen molar-refractivity contribution >= 4 is 10.8 Å². The van der Waals surface area contributed by atoms with Crippen molar-refractivity contribution in [2.45, 2.75) is 22.9 Å². The van der Waals surface area contributed by atoms with E-state index in [0.717, 1.165) is 17.7 Å². The first kappa shape index (κ1) is 13.8. The third-order valence-corrected chi connectivity index (χ3v) is 3.98. The van der Waals surface area contributed by atoms with Gasteiger partial charge in [0.1, 0.15) is 0 Å². The van der Waals surface area contributed by atoms with Gasteiger partial charge in [-0.25, -0.2) is 4.21 Å². The number of benzene rings is 2. The van der Waals surface area contributed by atoms with Crippen LogP contribution in [0.4, 0.5) is 13.2 Å². The van der Waals surface area contributed by atoms with Gasteiger partial charge in [-0.2, -0.15) is 13.2 Å². The number of alkyl halides is 3. The lowest BCUT2D eigenvalue weighted by Gasteiger charge is -2.08. The molecule has 0 aliphatic rings. The van der Waals surface area contributed by atoms with Crippen LogP contribution >= 0.6 is 0 Å². The van der Waals surface area contributed by atoms with E-state index in [2.05, 4.69) is 0 Å². The summed E-state index contributed by atoms with van der Waals surface area (Å²) < 4.78 is 49.5. The zero-order chi connectivity index (χ0) is 14.0. The van der Waals surface area contributed by atoms with E-state index >= 15 is 0 Å². The van der Waals surface area contributed by atoms with Crippen molar-refractivity contribution in [1.29, 1.82) is 0 Å². The van der Waals surface area contributed by atoms with E-state index in [1.807, 2.05) is 13.0 Å². The first-order valence-electron chi connectivity index (χ1n) is 5.53. The average molecular weight is 284 g/mol. The molecule has 0 bridgehead atoms. The molecule has 2 aromatic rings. The molecule has 100 valence electrons. The Morgan fingerprint density at radius 2 is 1.58 bits per heavy atom. The molecular weight excluding hydrogens is 273 g/mol. The van der Waals surface area contributed by atoms with Crippen molar-refractivity contribution < 1.29 is 17.4 Å². The van der Waals surface area contributed by atoms with Crippen LogP contribution in [0.1, 0.15) is 11.1 Å². The number of rotatable bonds is 2. The maximum absolute atomic E-state index is 12.4. The summed E-state index contributed by atoms with van der Waals surface area (Å²) in [6, 6.07) is 11.5. The highest BCUT2D eigenvalue weighted by Gasteiger charge is 2.30. The number of aryl methyl sites for hydroxylation is 1. The maximum atomic E-state index is 12.4. The minimum atomic E-state index is -4.37. The van der Waals surface area contributed by atoms with Gasteiger partial charge in [-0.15, -0.1) is 0 Å². The van der Waals surface area contributed by atoms with Gasteiger partial charge in [0.2, 0.25) is 0 Å². The predicted octanol–water partition coefficient (Wildman–Crippen LogP) is 4.18. The van der Waals surface area contributed by atoms with Crippen molar-refractivity contribution in [1.82, 2.24) is 0 Å². The van der Waals surface area contributed by atoms with E-state index in [1.165, 1.54) is 12.1 Å². The molecule has 0 saturated carbocycles. The largest absolute Gasteiger partial charge is 0.416 e. The molecule has 0 amide bonds. The van der Waals surface area contributed by atoms with E-state index in [4.69, 9.17) is 0 Å². The van der Waals surface area contributed by atoms with E-state index in [-0.39, 0.29) is 0 Å². The minimum Gasteiger partial charge on any atom is -0.249 e. The molecule has 0 aliphatic carbocycles. The second-order valence-electron chi connectivity index (χ2n) is 4.11. The topological polar surface area (TPSA) is 17.1 Å².